The number of rotatable bonds is 16. The summed E-state index contributed by atoms with van der Waals surface area (Å²) in [7, 11) is 8.02. The van der Waals surface area contributed by atoms with Gasteiger partial charge in [-0.1, -0.05) is 12.1 Å². The molecular formula is C24H37N5O4S. The van der Waals surface area contributed by atoms with Gasteiger partial charge in [0.15, 0.2) is 5.82 Å². The second-order valence-corrected chi connectivity index (χ2v) is 9.65. The van der Waals surface area contributed by atoms with Gasteiger partial charge in [-0.3, -0.25) is 10.1 Å². The Bertz CT molecular complexity index is 930. The molecule has 0 aliphatic rings. The van der Waals surface area contributed by atoms with Gasteiger partial charge in [0.25, 0.3) is 5.70 Å². The normalized spacial score (nSPS) is 12.2. The van der Waals surface area contributed by atoms with Crippen molar-refractivity contribution in [3.05, 3.63) is 75.1 Å². The first-order valence-electron chi connectivity index (χ1n) is 11.3. The molecule has 0 aliphatic heterocycles. The first-order valence-corrected chi connectivity index (χ1v) is 12.4. The minimum atomic E-state index is -0.405. The Morgan fingerprint density at radius 2 is 1.88 bits per heavy atom. The summed E-state index contributed by atoms with van der Waals surface area (Å²) >= 11 is 1.58. The summed E-state index contributed by atoms with van der Waals surface area (Å²) in [6.07, 6.45) is 0.947. The van der Waals surface area contributed by atoms with Crippen LogP contribution in [0.25, 0.3) is 0 Å². The summed E-state index contributed by atoms with van der Waals surface area (Å²) in [5.74, 6) is 3.95. The monoisotopic (exact) mass is 491 g/mol. The molecule has 0 bridgehead atoms. The topological polar surface area (TPSA) is 110 Å². The third kappa shape index (κ3) is 10.5. The molecule has 34 heavy (non-hydrogen) atoms. The van der Waals surface area contributed by atoms with Crippen molar-refractivity contribution in [3.63, 3.8) is 0 Å². The standard InChI is InChI=1S/C24H37N5O4S/c1-27(2)16-19-7-5-8-20(15-19)32-13-6-12-26-24(25)23(29(30)31)11-14-34-18-22-10-9-21(33-22)17-28(3)4/h5,7-10,15,26H,6,11-14,16-18,25H2,1-4H3. The summed E-state index contributed by atoms with van der Waals surface area (Å²) in [5, 5.41) is 14.4. The zero-order chi connectivity index (χ0) is 24.9. The van der Waals surface area contributed by atoms with Crippen LogP contribution in [0.3, 0.4) is 0 Å². The van der Waals surface area contributed by atoms with Crippen LogP contribution in [0.15, 0.2) is 52.3 Å². The van der Waals surface area contributed by atoms with E-state index >= 15 is 0 Å². The number of nitro groups is 1. The number of nitrogens with two attached hydrogens (primary N) is 1. The second kappa shape index (κ2) is 14.5. The fourth-order valence-electron chi connectivity index (χ4n) is 3.25. The fourth-order valence-corrected chi connectivity index (χ4v) is 4.09. The molecule has 0 atom stereocenters. The summed E-state index contributed by atoms with van der Waals surface area (Å²) in [4.78, 5) is 15.2. The molecule has 0 saturated carbocycles. The Balaban J connectivity index is 1.71. The maximum atomic E-state index is 11.5. The van der Waals surface area contributed by atoms with Crippen LogP contribution in [0.1, 0.15) is 29.9 Å². The number of hydrogen-bond donors (Lipinski definition) is 2. The number of allylic oxidation sites excluding steroid dienone is 1. The molecule has 10 heteroatoms. The average Bonchev–Trinajstić information content (AvgIpc) is 3.19. The largest absolute Gasteiger partial charge is 0.494 e. The molecule has 0 radical (unpaired) electrons. The molecule has 1 aromatic carbocycles. The molecule has 2 aromatic rings. The Kier molecular flexibility index (Phi) is 11.8. The predicted octanol–water partition coefficient (Wildman–Crippen LogP) is 3.49. The molecule has 3 N–H and O–H groups in total. The van der Waals surface area contributed by atoms with Crippen LogP contribution in [0.5, 0.6) is 5.75 Å². The van der Waals surface area contributed by atoms with Crippen LogP contribution >= 0.6 is 11.8 Å². The number of furan rings is 1. The third-order valence-electron chi connectivity index (χ3n) is 4.75. The van der Waals surface area contributed by atoms with Crippen molar-refractivity contribution in [1.29, 1.82) is 0 Å². The Hall–Kier alpha value is -2.69. The Labute approximate surface area is 206 Å². The Morgan fingerprint density at radius 1 is 1.15 bits per heavy atom. The molecule has 9 nitrogen and oxygen atoms in total. The molecule has 1 heterocycles. The number of nitrogens with zero attached hydrogens (tertiary/aromatic N) is 3. The number of thioether (sulfide) groups is 1. The van der Waals surface area contributed by atoms with Gasteiger partial charge in [0.1, 0.15) is 17.3 Å². The van der Waals surface area contributed by atoms with Crippen LogP contribution in [0.4, 0.5) is 0 Å². The molecule has 0 spiro atoms. The van der Waals surface area contributed by atoms with E-state index < -0.39 is 4.92 Å². The highest BCUT2D eigenvalue weighted by Crippen LogP contribution is 2.19. The third-order valence-corrected chi connectivity index (χ3v) is 5.73. The SMILES string of the molecule is CN(C)Cc1cccc(OCCCNC(N)=C(CCSCc2ccc(CN(C)C)o2)[N+](=O)[O-])c1. The summed E-state index contributed by atoms with van der Waals surface area (Å²) in [5.41, 5.74) is 7.16. The lowest BCUT2D eigenvalue weighted by atomic mass is 10.2. The lowest BCUT2D eigenvalue weighted by Gasteiger charge is -2.12. The molecule has 0 amide bonds. The van der Waals surface area contributed by atoms with E-state index in [4.69, 9.17) is 14.9 Å². The van der Waals surface area contributed by atoms with E-state index in [2.05, 4.69) is 16.3 Å². The lowest BCUT2D eigenvalue weighted by Crippen LogP contribution is -2.26. The highest BCUT2D eigenvalue weighted by molar-refractivity contribution is 7.98. The van der Waals surface area contributed by atoms with E-state index in [1.54, 1.807) is 11.8 Å². The van der Waals surface area contributed by atoms with Crippen molar-refractivity contribution >= 4 is 11.8 Å². The zero-order valence-corrected chi connectivity index (χ0v) is 21.4. The van der Waals surface area contributed by atoms with Crippen LogP contribution < -0.4 is 15.8 Å². The van der Waals surface area contributed by atoms with Gasteiger partial charge in [-0.15, -0.1) is 0 Å². The quantitative estimate of drug-likeness (QED) is 0.207. The van der Waals surface area contributed by atoms with Crippen molar-refractivity contribution in [2.45, 2.75) is 31.7 Å². The van der Waals surface area contributed by atoms with Crippen molar-refractivity contribution in [2.75, 3.05) is 47.1 Å². The smallest absolute Gasteiger partial charge is 0.286 e. The number of ether oxygens (including phenoxy) is 1. The molecular weight excluding hydrogens is 454 g/mol. The first-order chi connectivity index (χ1) is 16.2. The van der Waals surface area contributed by atoms with Gasteiger partial charge in [-0.25, -0.2) is 0 Å². The minimum absolute atomic E-state index is 0.0116. The molecule has 188 valence electrons. The maximum absolute atomic E-state index is 11.5. The van der Waals surface area contributed by atoms with Crippen LogP contribution in [0.2, 0.25) is 0 Å². The molecule has 0 aliphatic carbocycles. The van der Waals surface area contributed by atoms with E-state index in [1.165, 1.54) is 5.56 Å². The minimum Gasteiger partial charge on any atom is -0.494 e. The maximum Gasteiger partial charge on any atom is 0.286 e. The van der Waals surface area contributed by atoms with Gasteiger partial charge in [0, 0.05) is 18.8 Å². The van der Waals surface area contributed by atoms with Crippen molar-refractivity contribution in [3.8, 4) is 5.75 Å². The number of hydrogen-bond acceptors (Lipinski definition) is 9. The molecule has 1 aromatic heterocycles. The van der Waals surface area contributed by atoms with E-state index in [0.29, 0.717) is 31.1 Å². The fraction of sp³-hybridized carbons (Fsp3) is 0.500. The zero-order valence-electron chi connectivity index (χ0n) is 20.6. The first kappa shape index (κ1) is 27.6. The highest BCUT2D eigenvalue weighted by atomic mass is 32.2. The van der Waals surface area contributed by atoms with E-state index in [0.717, 1.165) is 30.4 Å². The Morgan fingerprint density at radius 3 is 2.59 bits per heavy atom. The van der Waals surface area contributed by atoms with E-state index in [9.17, 15) is 10.1 Å². The van der Waals surface area contributed by atoms with Gasteiger partial charge in [0.2, 0.25) is 0 Å². The van der Waals surface area contributed by atoms with Crippen LogP contribution in [-0.4, -0.2) is 61.8 Å². The molecule has 0 fully saturated rings. The average molecular weight is 492 g/mol. The van der Waals surface area contributed by atoms with Gasteiger partial charge < -0.3 is 30.0 Å². The van der Waals surface area contributed by atoms with Gasteiger partial charge in [-0.2, -0.15) is 11.8 Å². The molecule has 0 saturated heterocycles. The second-order valence-electron chi connectivity index (χ2n) is 8.54. The molecule has 2 rings (SSSR count). The van der Waals surface area contributed by atoms with Crippen molar-refractivity contribution in [2.24, 2.45) is 5.73 Å². The number of benzene rings is 1. The van der Waals surface area contributed by atoms with Gasteiger partial charge in [-0.05, 0) is 64.4 Å². The van der Waals surface area contributed by atoms with Crippen molar-refractivity contribution in [1.82, 2.24) is 15.1 Å². The van der Waals surface area contributed by atoms with Crippen LogP contribution in [-0.2, 0) is 18.8 Å². The molecule has 0 unspecified atom stereocenters. The number of nitrogens with one attached hydrogen (secondary N) is 1. The predicted molar refractivity (Wildman–Crippen MR) is 137 cm³/mol. The lowest BCUT2D eigenvalue weighted by molar-refractivity contribution is -0.429. The summed E-state index contributed by atoms with van der Waals surface area (Å²) in [6.45, 7) is 2.58. The highest BCUT2D eigenvalue weighted by Gasteiger charge is 2.16. The van der Waals surface area contributed by atoms with Gasteiger partial charge in [0.05, 0.1) is 30.2 Å². The van der Waals surface area contributed by atoms with Crippen LogP contribution in [0, 0.1) is 10.1 Å². The summed E-state index contributed by atoms with van der Waals surface area (Å²) < 4.78 is 11.6. The summed E-state index contributed by atoms with van der Waals surface area (Å²) in [6, 6.07) is 11.9. The van der Waals surface area contributed by atoms with Crippen molar-refractivity contribution < 1.29 is 14.1 Å². The van der Waals surface area contributed by atoms with Gasteiger partial charge >= 0.3 is 0 Å². The van der Waals surface area contributed by atoms with E-state index in [-0.39, 0.29) is 17.9 Å². The van der Waals surface area contributed by atoms with E-state index in [1.807, 2.05) is 63.4 Å².